The zero-order valence-corrected chi connectivity index (χ0v) is 15.4. The minimum atomic E-state index is -0.179. The van der Waals surface area contributed by atoms with Crippen LogP contribution in [-0.2, 0) is 11.3 Å². The minimum absolute atomic E-state index is 0.0171. The molecule has 1 atom stereocenters. The highest BCUT2D eigenvalue weighted by molar-refractivity contribution is 7.09. The summed E-state index contributed by atoms with van der Waals surface area (Å²) in [6, 6.07) is 5.85. The number of benzene rings is 1. The first kappa shape index (κ1) is 17.4. The number of rotatable bonds is 5. The summed E-state index contributed by atoms with van der Waals surface area (Å²) >= 11 is 1.38. The normalized spacial score (nSPS) is 14.7. The highest BCUT2D eigenvalue weighted by Gasteiger charge is 2.26. The average Bonchev–Trinajstić information content (AvgIpc) is 3.06. The number of ether oxygens (including phenoxy) is 1. The molecular formula is C18H21N3O3S. The third kappa shape index (κ3) is 3.82. The van der Waals surface area contributed by atoms with E-state index in [4.69, 9.17) is 4.74 Å². The van der Waals surface area contributed by atoms with Gasteiger partial charge in [0.2, 0.25) is 0 Å². The SMILES string of the molecule is CC[C@H](C)NC(=O)c1csc(CN2C(=O)COc3cc(C)ccc32)n1. The zero-order valence-electron chi connectivity index (χ0n) is 14.5. The lowest BCUT2D eigenvalue weighted by Crippen LogP contribution is -2.38. The lowest BCUT2D eigenvalue weighted by molar-refractivity contribution is -0.121. The van der Waals surface area contributed by atoms with Gasteiger partial charge in [0.15, 0.2) is 6.61 Å². The van der Waals surface area contributed by atoms with Crippen LogP contribution in [-0.4, -0.2) is 29.4 Å². The van der Waals surface area contributed by atoms with Gasteiger partial charge in [-0.2, -0.15) is 0 Å². The Labute approximate surface area is 150 Å². The quantitative estimate of drug-likeness (QED) is 0.891. The summed E-state index contributed by atoms with van der Waals surface area (Å²) in [4.78, 5) is 30.5. The van der Waals surface area contributed by atoms with Crippen LogP contribution in [0.15, 0.2) is 23.6 Å². The molecule has 7 heteroatoms. The first-order chi connectivity index (χ1) is 12.0. The predicted octanol–water partition coefficient (Wildman–Crippen LogP) is 2.91. The fourth-order valence-corrected chi connectivity index (χ4v) is 3.27. The Kier molecular flexibility index (Phi) is 5.03. The van der Waals surface area contributed by atoms with Crippen molar-refractivity contribution >= 4 is 28.8 Å². The third-order valence-corrected chi connectivity index (χ3v) is 4.96. The van der Waals surface area contributed by atoms with Gasteiger partial charge in [-0.05, 0) is 38.0 Å². The second kappa shape index (κ2) is 7.23. The van der Waals surface area contributed by atoms with Crippen LogP contribution in [0.1, 0.15) is 41.3 Å². The molecule has 0 saturated heterocycles. The van der Waals surface area contributed by atoms with Crippen molar-refractivity contribution in [3.05, 3.63) is 39.8 Å². The summed E-state index contributed by atoms with van der Waals surface area (Å²) in [7, 11) is 0. The van der Waals surface area contributed by atoms with E-state index in [2.05, 4.69) is 10.3 Å². The molecule has 0 aliphatic carbocycles. The monoisotopic (exact) mass is 359 g/mol. The molecule has 25 heavy (non-hydrogen) atoms. The van der Waals surface area contributed by atoms with Gasteiger partial charge in [-0.15, -0.1) is 11.3 Å². The van der Waals surface area contributed by atoms with E-state index >= 15 is 0 Å². The van der Waals surface area contributed by atoms with Gasteiger partial charge >= 0.3 is 0 Å². The minimum Gasteiger partial charge on any atom is -0.482 e. The van der Waals surface area contributed by atoms with Crippen molar-refractivity contribution in [3.63, 3.8) is 0 Å². The molecule has 2 amide bonds. The highest BCUT2D eigenvalue weighted by atomic mass is 32.1. The van der Waals surface area contributed by atoms with Crippen molar-refractivity contribution < 1.29 is 14.3 Å². The Hall–Kier alpha value is -2.41. The topological polar surface area (TPSA) is 71.5 Å². The van der Waals surface area contributed by atoms with Crippen LogP contribution in [0.2, 0.25) is 0 Å². The van der Waals surface area contributed by atoms with Crippen LogP contribution in [0.5, 0.6) is 5.75 Å². The summed E-state index contributed by atoms with van der Waals surface area (Å²) in [6.07, 6.45) is 0.862. The molecule has 2 heterocycles. The van der Waals surface area contributed by atoms with Crippen molar-refractivity contribution in [2.24, 2.45) is 0 Å². The Morgan fingerprint density at radius 1 is 1.48 bits per heavy atom. The molecule has 0 saturated carbocycles. The molecule has 0 unspecified atom stereocenters. The van der Waals surface area contributed by atoms with Crippen LogP contribution in [0.3, 0.4) is 0 Å². The Bertz CT molecular complexity index is 803. The number of anilines is 1. The molecule has 0 spiro atoms. The van der Waals surface area contributed by atoms with Crippen LogP contribution >= 0.6 is 11.3 Å². The Morgan fingerprint density at radius 3 is 3.04 bits per heavy atom. The maximum absolute atomic E-state index is 12.3. The van der Waals surface area contributed by atoms with Crippen LogP contribution in [0.4, 0.5) is 5.69 Å². The standard InChI is InChI=1S/C18H21N3O3S/c1-4-12(3)19-18(23)13-10-25-16(20-13)8-21-14-6-5-11(2)7-15(14)24-9-17(21)22/h5-7,10,12H,4,8-9H2,1-3H3,(H,19,23)/t12-/m0/s1. The molecule has 2 aromatic rings. The molecular weight excluding hydrogens is 338 g/mol. The van der Waals surface area contributed by atoms with E-state index in [1.165, 1.54) is 11.3 Å². The lowest BCUT2D eigenvalue weighted by Gasteiger charge is -2.28. The summed E-state index contributed by atoms with van der Waals surface area (Å²) in [5.41, 5.74) is 2.21. The second-order valence-corrected chi connectivity index (χ2v) is 7.09. The number of hydrogen-bond acceptors (Lipinski definition) is 5. The number of aromatic nitrogens is 1. The Morgan fingerprint density at radius 2 is 2.28 bits per heavy atom. The molecule has 6 nitrogen and oxygen atoms in total. The van der Waals surface area contributed by atoms with Gasteiger partial charge in [0.1, 0.15) is 16.5 Å². The highest BCUT2D eigenvalue weighted by Crippen LogP contribution is 2.34. The van der Waals surface area contributed by atoms with Gasteiger partial charge in [0.25, 0.3) is 11.8 Å². The summed E-state index contributed by atoms with van der Waals surface area (Å²) < 4.78 is 5.51. The molecule has 1 aliphatic rings. The molecule has 1 N–H and O–H groups in total. The molecule has 1 aliphatic heterocycles. The van der Waals surface area contributed by atoms with E-state index in [-0.39, 0.29) is 24.5 Å². The van der Waals surface area contributed by atoms with Crippen molar-refractivity contribution in [3.8, 4) is 5.75 Å². The number of hydrogen-bond donors (Lipinski definition) is 1. The molecule has 1 aromatic carbocycles. The van der Waals surface area contributed by atoms with E-state index in [0.29, 0.717) is 18.0 Å². The summed E-state index contributed by atoms with van der Waals surface area (Å²) in [6.45, 7) is 6.30. The molecule has 0 bridgehead atoms. The second-order valence-electron chi connectivity index (χ2n) is 6.15. The van der Waals surface area contributed by atoms with E-state index in [1.807, 2.05) is 39.0 Å². The first-order valence-electron chi connectivity index (χ1n) is 8.27. The van der Waals surface area contributed by atoms with Gasteiger partial charge in [0, 0.05) is 11.4 Å². The van der Waals surface area contributed by atoms with E-state index in [9.17, 15) is 9.59 Å². The molecule has 0 radical (unpaired) electrons. The largest absolute Gasteiger partial charge is 0.482 e. The van der Waals surface area contributed by atoms with Gasteiger partial charge in [-0.3, -0.25) is 14.5 Å². The number of carbonyl (C=O) groups is 2. The number of nitrogens with zero attached hydrogens (tertiary/aromatic N) is 2. The molecule has 1 aromatic heterocycles. The summed E-state index contributed by atoms with van der Waals surface area (Å²) in [5.74, 6) is 0.407. The number of amides is 2. The van der Waals surface area contributed by atoms with Crippen molar-refractivity contribution in [2.45, 2.75) is 39.8 Å². The predicted molar refractivity (Wildman–Crippen MR) is 97.2 cm³/mol. The Balaban J connectivity index is 1.77. The van der Waals surface area contributed by atoms with Crippen molar-refractivity contribution in [1.29, 1.82) is 0 Å². The van der Waals surface area contributed by atoms with Crippen LogP contribution < -0.4 is 15.0 Å². The van der Waals surface area contributed by atoms with Crippen molar-refractivity contribution in [2.75, 3.05) is 11.5 Å². The molecule has 132 valence electrons. The zero-order chi connectivity index (χ0) is 18.0. The van der Waals surface area contributed by atoms with Crippen LogP contribution in [0.25, 0.3) is 0 Å². The number of carbonyl (C=O) groups excluding carboxylic acids is 2. The fourth-order valence-electron chi connectivity index (χ4n) is 2.51. The van der Waals surface area contributed by atoms with Gasteiger partial charge in [-0.1, -0.05) is 13.0 Å². The molecule has 0 fully saturated rings. The number of fused-ring (bicyclic) bond motifs is 1. The number of aryl methyl sites for hydroxylation is 1. The van der Waals surface area contributed by atoms with Crippen molar-refractivity contribution in [1.82, 2.24) is 10.3 Å². The third-order valence-electron chi connectivity index (χ3n) is 4.13. The average molecular weight is 359 g/mol. The first-order valence-corrected chi connectivity index (χ1v) is 9.15. The smallest absolute Gasteiger partial charge is 0.270 e. The van der Waals surface area contributed by atoms with Gasteiger partial charge < -0.3 is 10.1 Å². The maximum atomic E-state index is 12.3. The molecule has 3 rings (SSSR count). The van der Waals surface area contributed by atoms with E-state index in [0.717, 1.165) is 22.7 Å². The van der Waals surface area contributed by atoms with E-state index < -0.39 is 0 Å². The van der Waals surface area contributed by atoms with Crippen LogP contribution in [0, 0.1) is 6.92 Å². The number of nitrogens with one attached hydrogen (secondary N) is 1. The maximum Gasteiger partial charge on any atom is 0.270 e. The van der Waals surface area contributed by atoms with E-state index in [1.54, 1.807) is 10.3 Å². The fraction of sp³-hybridized carbons (Fsp3) is 0.389. The van der Waals surface area contributed by atoms with Gasteiger partial charge in [-0.25, -0.2) is 4.98 Å². The lowest BCUT2D eigenvalue weighted by atomic mass is 10.1. The van der Waals surface area contributed by atoms with Gasteiger partial charge in [0.05, 0.1) is 12.2 Å². The summed E-state index contributed by atoms with van der Waals surface area (Å²) in [5, 5.41) is 5.35. The number of thiazole rings is 1.